The SMILES string of the molecule is CCCCCCOc1ccc(NC(=O)[C@H]2CC(=O)N(CC)C(=Nc3ccccc3OC)S2)cc1. The largest absolute Gasteiger partial charge is 0.494 e. The van der Waals surface area contributed by atoms with E-state index < -0.39 is 5.25 Å². The molecule has 2 aromatic rings. The molecule has 0 bridgehead atoms. The zero-order valence-corrected chi connectivity index (χ0v) is 20.9. The number of rotatable bonds is 11. The number of methoxy groups -OCH3 is 1. The van der Waals surface area contributed by atoms with Gasteiger partial charge in [-0.15, -0.1) is 0 Å². The summed E-state index contributed by atoms with van der Waals surface area (Å²) in [7, 11) is 1.58. The number of nitrogens with zero attached hydrogens (tertiary/aromatic N) is 2. The third kappa shape index (κ3) is 7.00. The van der Waals surface area contributed by atoms with Crippen molar-refractivity contribution < 1.29 is 19.1 Å². The Morgan fingerprint density at radius 3 is 2.59 bits per heavy atom. The number of anilines is 1. The quantitative estimate of drug-likeness (QED) is 0.419. The second-order valence-corrected chi connectivity index (χ2v) is 9.11. The standard InChI is InChI=1S/C26H33N3O4S/c1-4-6-7-10-17-33-20-15-13-19(14-16-20)27-25(31)23-18-24(30)29(5-2)26(34-23)28-21-11-8-9-12-22(21)32-3/h8-9,11-16,23H,4-7,10,17-18H2,1-3H3,(H,27,31)/t23-/m1/s1. The minimum absolute atomic E-state index is 0.119. The predicted molar refractivity (Wildman–Crippen MR) is 138 cm³/mol. The van der Waals surface area contributed by atoms with Crippen molar-refractivity contribution in [1.82, 2.24) is 4.90 Å². The van der Waals surface area contributed by atoms with E-state index in [4.69, 9.17) is 9.47 Å². The molecule has 182 valence electrons. The van der Waals surface area contributed by atoms with Crippen LogP contribution < -0.4 is 14.8 Å². The van der Waals surface area contributed by atoms with Gasteiger partial charge in [-0.3, -0.25) is 14.5 Å². The van der Waals surface area contributed by atoms with E-state index in [1.807, 2.05) is 55.5 Å². The number of hydrogen-bond acceptors (Lipinski definition) is 6. The van der Waals surface area contributed by atoms with Gasteiger partial charge in [0.2, 0.25) is 11.8 Å². The molecule has 3 rings (SSSR count). The maximum Gasteiger partial charge on any atom is 0.238 e. The molecule has 2 aromatic carbocycles. The van der Waals surface area contributed by atoms with Crippen molar-refractivity contribution in [2.45, 2.75) is 51.2 Å². The lowest BCUT2D eigenvalue weighted by Crippen LogP contribution is -2.45. The Kier molecular flexibility index (Phi) is 9.82. The summed E-state index contributed by atoms with van der Waals surface area (Å²) in [6.07, 6.45) is 4.74. The first kappa shape index (κ1) is 25.6. The molecule has 0 spiro atoms. The number of carbonyl (C=O) groups is 2. The fourth-order valence-electron chi connectivity index (χ4n) is 3.55. The molecule has 1 fully saturated rings. The number of thioether (sulfide) groups is 1. The Hall–Kier alpha value is -3.00. The van der Waals surface area contributed by atoms with Gasteiger partial charge in [0.15, 0.2) is 5.17 Å². The Labute approximate surface area is 205 Å². The van der Waals surface area contributed by atoms with E-state index in [0.717, 1.165) is 12.2 Å². The maximum absolute atomic E-state index is 13.0. The minimum Gasteiger partial charge on any atom is -0.494 e. The number of carbonyl (C=O) groups excluding carboxylic acids is 2. The summed E-state index contributed by atoms with van der Waals surface area (Å²) >= 11 is 1.29. The lowest BCUT2D eigenvalue weighted by Gasteiger charge is -2.31. The van der Waals surface area contributed by atoms with E-state index in [0.29, 0.717) is 35.4 Å². The average molecular weight is 484 g/mol. The van der Waals surface area contributed by atoms with E-state index in [9.17, 15) is 9.59 Å². The lowest BCUT2D eigenvalue weighted by atomic mass is 10.2. The number of para-hydroxylation sites is 2. The van der Waals surface area contributed by atoms with Gasteiger partial charge in [-0.25, -0.2) is 4.99 Å². The molecule has 7 nitrogen and oxygen atoms in total. The molecule has 0 unspecified atom stereocenters. The summed E-state index contributed by atoms with van der Waals surface area (Å²) < 4.78 is 11.1. The molecular formula is C26H33N3O4S. The van der Waals surface area contributed by atoms with Crippen LogP contribution in [0, 0.1) is 0 Å². The van der Waals surface area contributed by atoms with Gasteiger partial charge in [0, 0.05) is 18.7 Å². The summed E-state index contributed by atoms with van der Waals surface area (Å²) in [5.41, 5.74) is 1.28. The smallest absolute Gasteiger partial charge is 0.238 e. The van der Waals surface area contributed by atoms with E-state index >= 15 is 0 Å². The highest BCUT2D eigenvalue weighted by Crippen LogP contribution is 2.33. The molecule has 0 aromatic heterocycles. The number of ether oxygens (including phenoxy) is 2. The average Bonchev–Trinajstić information content (AvgIpc) is 2.85. The monoisotopic (exact) mass is 483 g/mol. The molecule has 1 N–H and O–H groups in total. The van der Waals surface area contributed by atoms with Crippen LogP contribution in [0.5, 0.6) is 11.5 Å². The Morgan fingerprint density at radius 2 is 1.88 bits per heavy atom. The molecule has 1 aliphatic heterocycles. The molecule has 1 aliphatic rings. The lowest BCUT2D eigenvalue weighted by molar-refractivity contribution is -0.129. The molecule has 0 saturated carbocycles. The Morgan fingerprint density at radius 1 is 1.12 bits per heavy atom. The zero-order valence-electron chi connectivity index (χ0n) is 20.1. The molecule has 34 heavy (non-hydrogen) atoms. The van der Waals surface area contributed by atoms with Crippen LogP contribution in [0.15, 0.2) is 53.5 Å². The van der Waals surface area contributed by atoms with Crippen LogP contribution in [0.3, 0.4) is 0 Å². The second-order valence-electron chi connectivity index (χ2n) is 7.94. The van der Waals surface area contributed by atoms with Gasteiger partial charge in [-0.05, 0) is 49.7 Å². The normalized spacial score (nSPS) is 17.0. The van der Waals surface area contributed by atoms with Gasteiger partial charge in [0.05, 0.1) is 13.7 Å². The molecule has 8 heteroatoms. The molecular weight excluding hydrogens is 450 g/mol. The number of hydrogen-bond donors (Lipinski definition) is 1. The molecule has 1 heterocycles. The van der Waals surface area contributed by atoms with Crippen LogP contribution in [-0.2, 0) is 9.59 Å². The highest BCUT2D eigenvalue weighted by molar-refractivity contribution is 8.15. The van der Waals surface area contributed by atoms with Crippen LogP contribution in [0.4, 0.5) is 11.4 Å². The third-order valence-electron chi connectivity index (χ3n) is 5.44. The van der Waals surface area contributed by atoms with Crippen LogP contribution in [-0.4, -0.2) is 47.4 Å². The molecule has 2 amide bonds. The van der Waals surface area contributed by atoms with Gasteiger partial charge < -0.3 is 14.8 Å². The third-order valence-corrected chi connectivity index (χ3v) is 6.63. The minimum atomic E-state index is -0.571. The fraction of sp³-hybridized carbons (Fsp3) is 0.423. The van der Waals surface area contributed by atoms with Crippen molar-refractivity contribution in [3.05, 3.63) is 48.5 Å². The number of amides is 2. The first-order valence-corrected chi connectivity index (χ1v) is 12.7. The van der Waals surface area contributed by atoms with E-state index in [1.165, 1.54) is 31.0 Å². The first-order valence-electron chi connectivity index (χ1n) is 11.8. The topological polar surface area (TPSA) is 80.2 Å². The number of aliphatic imine (C=N–C) groups is 1. The summed E-state index contributed by atoms with van der Waals surface area (Å²) in [6.45, 7) is 5.25. The van der Waals surface area contributed by atoms with Crippen LogP contribution in [0.1, 0.15) is 46.0 Å². The van der Waals surface area contributed by atoms with Crippen molar-refractivity contribution in [3.8, 4) is 11.5 Å². The zero-order chi connectivity index (χ0) is 24.3. The fourth-order valence-corrected chi connectivity index (χ4v) is 4.71. The van der Waals surface area contributed by atoms with E-state index in [-0.39, 0.29) is 18.2 Å². The molecule has 1 saturated heterocycles. The van der Waals surface area contributed by atoms with Crippen molar-refractivity contribution in [2.75, 3.05) is 25.6 Å². The van der Waals surface area contributed by atoms with Crippen molar-refractivity contribution in [3.63, 3.8) is 0 Å². The van der Waals surface area contributed by atoms with Gasteiger partial charge in [0.1, 0.15) is 22.4 Å². The Bertz CT molecular complexity index is 994. The van der Waals surface area contributed by atoms with Gasteiger partial charge in [-0.2, -0.15) is 0 Å². The summed E-state index contributed by atoms with van der Waals surface area (Å²) in [6, 6.07) is 14.7. The Balaban J connectivity index is 1.64. The highest BCUT2D eigenvalue weighted by atomic mass is 32.2. The number of amidine groups is 1. The predicted octanol–water partition coefficient (Wildman–Crippen LogP) is 5.63. The highest BCUT2D eigenvalue weighted by Gasteiger charge is 2.35. The summed E-state index contributed by atoms with van der Waals surface area (Å²) in [5, 5.41) is 2.84. The van der Waals surface area contributed by atoms with E-state index in [2.05, 4.69) is 17.2 Å². The van der Waals surface area contributed by atoms with Crippen LogP contribution in [0.25, 0.3) is 0 Å². The molecule has 0 radical (unpaired) electrons. The number of unbranched alkanes of at least 4 members (excludes halogenated alkanes) is 3. The number of nitrogens with one attached hydrogen (secondary N) is 1. The maximum atomic E-state index is 13.0. The second kappa shape index (κ2) is 13.0. The summed E-state index contributed by atoms with van der Waals surface area (Å²) in [5.74, 6) is 1.04. The van der Waals surface area contributed by atoms with Crippen LogP contribution in [0.2, 0.25) is 0 Å². The van der Waals surface area contributed by atoms with Crippen molar-refractivity contribution in [1.29, 1.82) is 0 Å². The van der Waals surface area contributed by atoms with Crippen LogP contribution >= 0.6 is 11.8 Å². The van der Waals surface area contributed by atoms with Gasteiger partial charge >= 0.3 is 0 Å². The number of benzene rings is 2. The van der Waals surface area contributed by atoms with Gasteiger partial charge in [-0.1, -0.05) is 50.1 Å². The molecule has 0 aliphatic carbocycles. The van der Waals surface area contributed by atoms with Crippen molar-refractivity contribution >= 4 is 40.1 Å². The van der Waals surface area contributed by atoms with E-state index in [1.54, 1.807) is 12.0 Å². The van der Waals surface area contributed by atoms with Gasteiger partial charge in [0.25, 0.3) is 0 Å². The first-order chi connectivity index (χ1) is 16.5. The van der Waals surface area contributed by atoms with Crippen molar-refractivity contribution in [2.24, 2.45) is 4.99 Å². The molecule has 1 atom stereocenters. The summed E-state index contributed by atoms with van der Waals surface area (Å²) in [4.78, 5) is 32.0.